The van der Waals surface area contributed by atoms with Crippen LogP contribution in [0, 0.1) is 5.92 Å². The summed E-state index contributed by atoms with van der Waals surface area (Å²) in [5.74, 6) is 3.33. The Labute approximate surface area is 207 Å². The highest BCUT2D eigenvalue weighted by Gasteiger charge is 2.22. The molecule has 0 atom stereocenters. The standard InChI is InChI=1S/C29H35N5O/c1-34(2)28-25-10-6-7-11-26(25)32-29(33-28)31-22-15-12-20(13-16-22)18-30-19-21-14-17-27(35-3)24-9-5-4-8-23(21)24/h4-11,14,17,20,22,30H,12-13,15-16,18-19H2,1-3H3,(H,31,32,33). The van der Waals surface area contributed by atoms with Gasteiger partial charge in [-0.3, -0.25) is 0 Å². The number of nitrogens with one attached hydrogen (secondary N) is 2. The Morgan fingerprint density at radius 1 is 0.857 bits per heavy atom. The second-order valence-electron chi connectivity index (χ2n) is 9.75. The SMILES string of the molecule is COc1ccc(CNCC2CCC(Nc3nc(N(C)C)c4ccccc4n3)CC2)c2ccccc12. The zero-order chi connectivity index (χ0) is 24.2. The molecule has 0 amide bonds. The normalized spacial score (nSPS) is 18.0. The zero-order valence-electron chi connectivity index (χ0n) is 20.9. The molecule has 0 saturated heterocycles. The molecule has 182 valence electrons. The fourth-order valence-corrected chi connectivity index (χ4v) is 5.24. The smallest absolute Gasteiger partial charge is 0.225 e. The fourth-order valence-electron chi connectivity index (χ4n) is 5.24. The van der Waals surface area contributed by atoms with E-state index in [2.05, 4.69) is 64.1 Å². The molecule has 4 aromatic rings. The van der Waals surface area contributed by atoms with Crippen LogP contribution in [0.25, 0.3) is 21.7 Å². The van der Waals surface area contributed by atoms with Crippen LogP contribution in [0.3, 0.4) is 0 Å². The molecule has 1 fully saturated rings. The largest absolute Gasteiger partial charge is 0.496 e. The van der Waals surface area contributed by atoms with E-state index in [4.69, 9.17) is 14.7 Å². The first-order chi connectivity index (χ1) is 17.1. The van der Waals surface area contributed by atoms with Crippen LogP contribution in [0.1, 0.15) is 31.2 Å². The van der Waals surface area contributed by atoms with E-state index in [1.807, 2.05) is 26.2 Å². The molecule has 1 aliphatic carbocycles. The molecule has 0 unspecified atom stereocenters. The van der Waals surface area contributed by atoms with Crippen LogP contribution in [0.5, 0.6) is 5.75 Å². The maximum Gasteiger partial charge on any atom is 0.225 e. The number of methoxy groups -OCH3 is 1. The van der Waals surface area contributed by atoms with Gasteiger partial charge >= 0.3 is 0 Å². The van der Waals surface area contributed by atoms with Gasteiger partial charge in [-0.25, -0.2) is 4.98 Å². The van der Waals surface area contributed by atoms with Crippen LogP contribution in [0.15, 0.2) is 60.7 Å². The number of benzene rings is 3. The Kier molecular flexibility index (Phi) is 7.00. The maximum atomic E-state index is 5.54. The number of ether oxygens (including phenoxy) is 1. The predicted octanol–water partition coefficient (Wildman–Crippen LogP) is 5.62. The number of hydrogen-bond donors (Lipinski definition) is 2. The quantitative estimate of drug-likeness (QED) is 0.349. The number of nitrogens with zero attached hydrogens (tertiary/aromatic N) is 3. The van der Waals surface area contributed by atoms with Crippen molar-refractivity contribution in [2.45, 2.75) is 38.3 Å². The topological polar surface area (TPSA) is 62.3 Å². The molecule has 0 radical (unpaired) electrons. The van der Waals surface area contributed by atoms with E-state index in [-0.39, 0.29) is 0 Å². The molecular weight excluding hydrogens is 434 g/mol. The number of fused-ring (bicyclic) bond motifs is 2. The monoisotopic (exact) mass is 469 g/mol. The molecule has 0 aliphatic heterocycles. The van der Waals surface area contributed by atoms with Crippen molar-refractivity contribution in [2.75, 3.05) is 38.0 Å². The van der Waals surface area contributed by atoms with E-state index in [1.54, 1.807) is 7.11 Å². The second-order valence-corrected chi connectivity index (χ2v) is 9.75. The van der Waals surface area contributed by atoms with Crippen molar-refractivity contribution in [3.63, 3.8) is 0 Å². The first kappa shape index (κ1) is 23.4. The van der Waals surface area contributed by atoms with E-state index < -0.39 is 0 Å². The number of aromatic nitrogens is 2. The van der Waals surface area contributed by atoms with Crippen molar-refractivity contribution < 1.29 is 4.74 Å². The van der Waals surface area contributed by atoms with Gasteiger partial charge in [0.25, 0.3) is 0 Å². The molecule has 5 rings (SSSR count). The van der Waals surface area contributed by atoms with Crippen LogP contribution in [-0.4, -0.2) is 43.8 Å². The molecule has 1 aromatic heterocycles. The Morgan fingerprint density at radius 3 is 2.31 bits per heavy atom. The number of rotatable bonds is 8. The van der Waals surface area contributed by atoms with Gasteiger partial charge in [-0.1, -0.05) is 42.5 Å². The van der Waals surface area contributed by atoms with Crippen molar-refractivity contribution in [2.24, 2.45) is 5.92 Å². The summed E-state index contributed by atoms with van der Waals surface area (Å²) in [5.41, 5.74) is 2.31. The van der Waals surface area contributed by atoms with Crippen molar-refractivity contribution >= 4 is 33.4 Å². The fraction of sp³-hybridized carbons (Fsp3) is 0.379. The molecule has 0 bridgehead atoms. The summed E-state index contributed by atoms with van der Waals surface area (Å²) in [4.78, 5) is 11.7. The molecule has 1 saturated carbocycles. The van der Waals surface area contributed by atoms with Crippen molar-refractivity contribution in [3.8, 4) is 5.75 Å². The third-order valence-electron chi connectivity index (χ3n) is 7.13. The lowest BCUT2D eigenvalue weighted by Crippen LogP contribution is -2.31. The van der Waals surface area contributed by atoms with Crippen LogP contribution < -0.4 is 20.3 Å². The molecule has 6 nitrogen and oxygen atoms in total. The highest BCUT2D eigenvalue weighted by molar-refractivity contribution is 5.91. The maximum absolute atomic E-state index is 5.54. The Bertz CT molecular complexity index is 1300. The van der Waals surface area contributed by atoms with E-state index >= 15 is 0 Å². The van der Waals surface area contributed by atoms with Crippen molar-refractivity contribution in [3.05, 3.63) is 66.2 Å². The molecule has 35 heavy (non-hydrogen) atoms. The van der Waals surface area contributed by atoms with Gasteiger partial charge in [-0.15, -0.1) is 0 Å². The lowest BCUT2D eigenvalue weighted by Gasteiger charge is -2.29. The first-order valence-corrected chi connectivity index (χ1v) is 12.6. The molecule has 3 aromatic carbocycles. The Morgan fingerprint density at radius 2 is 1.57 bits per heavy atom. The molecular formula is C29H35N5O. The summed E-state index contributed by atoms with van der Waals surface area (Å²) in [6, 6.07) is 21.4. The third kappa shape index (κ3) is 5.17. The number of hydrogen-bond acceptors (Lipinski definition) is 6. The summed E-state index contributed by atoms with van der Waals surface area (Å²) in [5, 5.41) is 10.9. The summed E-state index contributed by atoms with van der Waals surface area (Å²) in [6.07, 6.45) is 4.71. The second kappa shape index (κ2) is 10.5. The molecule has 1 heterocycles. The van der Waals surface area contributed by atoms with E-state index in [9.17, 15) is 0 Å². The summed E-state index contributed by atoms with van der Waals surface area (Å²) in [6.45, 7) is 1.92. The lowest BCUT2D eigenvalue weighted by molar-refractivity contribution is 0.324. The van der Waals surface area contributed by atoms with Gasteiger partial charge in [-0.05, 0) is 67.3 Å². The average Bonchev–Trinajstić information content (AvgIpc) is 2.89. The predicted molar refractivity (Wildman–Crippen MR) is 145 cm³/mol. The number of anilines is 2. The van der Waals surface area contributed by atoms with Crippen molar-refractivity contribution in [1.29, 1.82) is 0 Å². The van der Waals surface area contributed by atoms with Crippen molar-refractivity contribution in [1.82, 2.24) is 15.3 Å². The van der Waals surface area contributed by atoms with E-state index in [0.717, 1.165) is 54.3 Å². The summed E-state index contributed by atoms with van der Waals surface area (Å²) < 4.78 is 5.54. The Balaban J connectivity index is 1.15. The first-order valence-electron chi connectivity index (χ1n) is 12.6. The average molecular weight is 470 g/mol. The van der Waals surface area contributed by atoms with Crippen LogP contribution >= 0.6 is 0 Å². The van der Waals surface area contributed by atoms with Gasteiger partial charge in [0.15, 0.2) is 0 Å². The van der Waals surface area contributed by atoms with Gasteiger partial charge in [0.1, 0.15) is 11.6 Å². The third-order valence-corrected chi connectivity index (χ3v) is 7.13. The van der Waals surface area contributed by atoms with Gasteiger partial charge in [0.05, 0.1) is 12.6 Å². The van der Waals surface area contributed by atoms with Crippen LogP contribution in [-0.2, 0) is 6.54 Å². The molecule has 2 N–H and O–H groups in total. The van der Waals surface area contributed by atoms with Gasteiger partial charge in [0, 0.05) is 37.5 Å². The minimum atomic E-state index is 0.424. The Hall–Kier alpha value is -3.38. The van der Waals surface area contributed by atoms with Crippen LogP contribution in [0.4, 0.5) is 11.8 Å². The van der Waals surface area contributed by atoms with E-state index in [1.165, 1.54) is 29.2 Å². The van der Waals surface area contributed by atoms with Gasteiger partial charge < -0.3 is 20.3 Å². The minimum Gasteiger partial charge on any atom is -0.496 e. The van der Waals surface area contributed by atoms with Gasteiger partial charge in [-0.2, -0.15) is 4.98 Å². The molecule has 1 aliphatic rings. The summed E-state index contributed by atoms with van der Waals surface area (Å²) in [7, 11) is 5.80. The highest BCUT2D eigenvalue weighted by atomic mass is 16.5. The lowest BCUT2D eigenvalue weighted by atomic mass is 9.86. The minimum absolute atomic E-state index is 0.424. The molecule has 0 spiro atoms. The molecule has 6 heteroatoms. The number of para-hydroxylation sites is 1. The highest BCUT2D eigenvalue weighted by Crippen LogP contribution is 2.30. The van der Waals surface area contributed by atoms with Crippen LogP contribution in [0.2, 0.25) is 0 Å². The zero-order valence-corrected chi connectivity index (χ0v) is 20.9. The van der Waals surface area contributed by atoms with E-state index in [0.29, 0.717) is 12.0 Å². The van der Waals surface area contributed by atoms with Gasteiger partial charge in [0.2, 0.25) is 5.95 Å². The summed E-state index contributed by atoms with van der Waals surface area (Å²) >= 11 is 0.